The second kappa shape index (κ2) is 4.16. The summed E-state index contributed by atoms with van der Waals surface area (Å²) in [6.45, 7) is 7.96. The van der Waals surface area contributed by atoms with Gasteiger partial charge in [-0.2, -0.15) is 0 Å². The van der Waals surface area contributed by atoms with Crippen LogP contribution in [0, 0.1) is 6.92 Å². The number of amides is 1. The number of hydrogen-bond acceptors (Lipinski definition) is 1. The molecular weight excluding hydrogens is 224 g/mol. The minimum atomic E-state index is -0.222. The van der Waals surface area contributed by atoms with Gasteiger partial charge in [-0.15, -0.1) is 0 Å². The maximum absolute atomic E-state index is 12.4. The summed E-state index contributed by atoms with van der Waals surface area (Å²) in [6.07, 6.45) is 0. The second-order valence-corrected chi connectivity index (χ2v) is 5.74. The molecule has 0 aliphatic heterocycles. The molecule has 0 atom stereocenters. The highest BCUT2D eigenvalue weighted by molar-refractivity contribution is 6.08. The van der Waals surface area contributed by atoms with Gasteiger partial charge < -0.3 is 9.88 Å². The largest absolute Gasteiger partial charge is 0.347 e. The third-order valence-electron chi connectivity index (χ3n) is 3.12. The number of carbonyl (C=O) groups excluding carboxylic acids is 1. The van der Waals surface area contributed by atoms with E-state index in [-0.39, 0.29) is 11.4 Å². The molecule has 0 spiro atoms. The van der Waals surface area contributed by atoms with Crippen LogP contribution in [0.4, 0.5) is 0 Å². The summed E-state index contributed by atoms with van der Waals surface area (Å²) in [4.78, 5) is 12.4. The van der Waals surface area contributed by atoms with Crippen LogP contribution < -0.4 is 5.32 Å². The first-order chi connectivity index (χ1) is 8.31. The number of aryl methyl sites for hydroxylation is 1. The quantitative estimate of drug-likeness (QED) is 0.822. The first-order valence-electron chi connectivity index (χ1n) is 6.18. The minimum Gasteiger partial charge on any atom is -0.347 e. The molecule has 0 aliphatic rings. The Balaban J connectivity index is 2.58. The Bertz CT molecular complexity index is 603. The van der Waals surface area contributed by atoms with Gasteiger partial charge in [0.15, 0.2) is 0 Å². The molecule has 0 unspecified atom stereocenters. The van der Waals surface area contributed by atoms with Crippen molar-refractivity contribution in [2.24, 2.45) is 7.05 Å². The number of aromatic nitrogens is 1. The number of fused-ring (bicyclic) bond motifs is 1. The summed E-state index contributed by atoms with van der Waals surface area (Å²) >= 11 is 0. The number of rotatable bonds is 1. The van der Waals surface area contributed by atoms with E-state index < -0.39 is 0 Å². The molecule has 0 aliphatic carbocycles. The smallest absolute Gasteiger partial charge is 0.254 e. The lowest BCUT2D eigenvalue weighted by atomic mass is 10.1. The van der Waals surface area contributed by atoms with Crippen LogP contribution in [-0.4, -0.2) is 16.0 Å². The molecular formula is C15H20N2O. The van der Waals surface area contributed by atoms with E-state index in [1.54, 1.807) is 0 Å². The zero-order valence-electron chi connectivity index (χ0n) is 11.7. The molecule has 1 aromatic heterocycles. The van der Waals surface area contributed by atoms with Gasteiger partial charge in [-0.3, -0.25) is 4.79 Å². The van der Waals surface area contributed by atoms with Crippen molar-refractivity contribution in [3.8, 4) is 0 Å². The molecule has 0 saturated carbocycles. The first kappa shape index (κ1) is 12.7. The average Bonchev–Trinajstić information content (AvgIpc) is 2.50. The highest BCUT2D eigenvalue weighted by atomic mass is 16.1. The van der Waals surface area contributed by atoms with Crippen LogP contribution in [0.3, 0.4) is 0 Å². The van der Waals surface area contributed by atoms with Gasteiger partial charge in [0.25, 0.3) is 5.91 Å². The SMILES string of the molecule is Cc1c(C(=O)NC(C)(C)C)c2ccccc2n1C. The molecule has 96 valence electrons. The van der Waals surface area contributed by atoms with Gasteiger partial charge in [0.1, 0.15) is 0 Å². The monoisotopic (exact) mass is 244 g/mol. The fourth-order valence-corrected chi connectivity index (χ4v) is 2.21. The van der Waals surface area contributed by atoms with Gasteiger partial charge >= 0.3 is 0 Å². The van der Waals surface area contributed by atoms with E-state index in [9.17, 15) is 4.79 Å². The van der Waals surface area contributed by atoms with E-state index in [1.165, 1.54) is 0 Å². The zero-order chi connectivity index (χ0) is 13.5. The lowest BCUT2D eigenvalue weighted by molar-refractivity contribution is 0.0920. The van der Waals surface area contributed by atoms with Crippen LogP contribution >= 0.6 is 0 Å². The van der Waals surface area contributed by atoms with E-state index in [2.05, 4.69) is 9.88 Å². The Morgan fingerprint density at radius 3 is 2.44 bits per heavy atom. The molecule has 1 N–H and O–H groups in total. The average molecular weight is 244 g/mol. The van der Waals surface area contributed by atoms with Crippen LogP contribution in [0.25, 0.3) is 10.9 Å². The van der Waals surface area contributed by atoms with Crippen molar-refractivity contribution in [3.05, 3.63) is 35.5 Å². The minimum absolute atomic E-state index is 0.00296. The van der Waals surface area contributed by atoms with Gasteiger partial charge in [0.05, 0.1) is 5.56 Å². The van der Waals surface area contributed by atoms with E-state index in [0.717, 1.165) is 22.2 Å². The standard InChI is InChI=1S/C15H20N2O/c1-10-13(14(18)16-15(2,3)4)11-8-6-7-9-12(11)17(10)5/h6-9H,1-5H3,(H,16,18). The molecule has 0 fully saturated rings. The summed E-state index contributed by atoms with van der Waals surface area (Å²) in [5.74, 6) is -0.00296. The Hall–Kier alpha value is -1.77. The topological polar surface area (TPSA) is 34.0 Å². The molecule has 0 bridgehead atoms. The molecule has 3 heteroatoms. The molecule has 18 heavy (non-hydrogen) atoms. The van der Waals surface area contributed by atoms with Crippen molar-refractivity contribution in [1.82, 2.24) is 9.88 Å². The summed E-state index contributed by atoms with van der Waals surface area (Å²) < 4.78 is 2.06. The Morgan fingerprint density at radius 2 is 1.83 bits per heavy atom. The number of benzene rings is 1. The normalized spacial score (nSPS) is 11.8. The second-order valence-electron chi connectivity index (χ2n) is 5.74. The van der Waals surface area contributed by atoms with Crippen molar-refractivity contribution < 1.29 is 4.79 Å². The van der Waals surface area contributed by atoms with Crippen LogP contribution in [-0.2, 0) is 7.05 Å². The van der Waals surface area contributed by atoms with Crippen molar-refractivity contribution >= 4 is 16.8 Å². The molecule has 1 amide bonds. The van der Waals surface area contributed by atoms with Gasteiger partial charge in [0, 0.05) is 29.2 Å². The van der Waals surface area contributed by atoms with Crippen LogP contribution in [0.1, 0.15) is 36.8 Å². The molecule has 1 heterocycles. The lowest BCUT2D eigenvalue weighted by Crippen LogP contribution is -2.40. The lowest BCUT2D eigenvalue weighted by Gasteiger charge is -2.20. The number of hydrogen-bond donors (Lipinski definition) is 1. The number of nitrogens with zero attached hydrogens (tertiary/aromatic N) is 1. The Morgan fingerprint density at radius 1 is 1.22 bits per heavy atom. The Labute approximate surface area is 108 Å². The number of carbonyl (C=O) groups is 1. The zero-order valence-corrected chi connectivity index (χ0v) is 11.7. The van der Waals surface area contributed by atoms with Crippen molar-refractivity contribution in [1.29, 1.82) is 0 Å². The van der Waals surface area contributed by atoms with E-state index in [4.69, 9.17) is 0 Å². The summed E-state index contributed by atoms with van der Waals surface area (Å²) in [5, 5.41) is 4.04. The fourth-order valence-electron chi connectivity index (χ4n) is 2.21. The van der Waals surface area contributed by atoms with E-state index >= 15 is 0 Å². The number of nitrogens with one attached hydrogen (secondary N) is 1. The molecule has 0 saturated heterocycles. The molecule has 2 rings (SSSR count). The van der Waals surface area contributed by atoms with E-state index in [1.807, 2.05) is 59.0 Å². The predicted octanol–water partition coefficient (Wildman–Crippen LogP) is 3.02. The highest BCUT2D eigenvalue weighted by Crippen LogP contribution is 2.25. The van der Waals surface area contributed by atoms with Crippen molar-refractivity contribution in [3.63, 3.8) is 0 Å². The van der Waals surface area contributed by atoms with Crippen LogP contribution in [0.2, 0.25) is 0 Å². The third kappa shape index (κ3) is 2.13. The van der Waals surface area contributed by atoms with Gasteiger partial charge in [-0.1, -0.05) is 18.2 Å². The van der Waals surface area contributed by atoms with Crippen LogP contribution in [0.15, 0.2) is 24.3 Å². The van der Waals surface area contributed by atoms with Crippen molar-refractivity contribution in [2.75, 3.05) is 0 Å². The van der Waals surface area contributed by atoms with Gasteiger partial charge in [-0.05, 0) is 33.8 Å². The van der Waals surface area contributed by atoms with Gasteiger partial charge in [0.2, 0.25) is 0 Å². The molecule has 3 nitrogen and oxygen atoms in total. The Kier molecular flexibility index (Phi) is 2.93. The summed E-state index contributed by atoms with van der Waals surface area (Å²) in [5.41, 5.74) is 2.65. The first-order valence-corrected chi connectivity index (χ1v) is 6.18. The summed E-state index contributed by atoms with van der Waals surface area (Å²) in [6, 6.07) is 8.00. The maximum Gasteiger partial charge on any atom is 0.254 e. The van der Waals surface area contributed by atoms with Crippen molar-refractivity contribution in [2.45, 2.75) is 33.2 Å². The highest BCUT2D eigenvalue weighted by Gasteiger charge is 2.21. The van der Waals surface area contributed by atoms with Gasteiger partial charge in [-0.25, -0.2) is 0 Å². The maximum atomic E-state index is 12.4. The third-order valence-corrected chi connectivity index (χ3v) is 3.12. The fraction of sp³-hybridized carbons (Fsp3) is 0.400. The number of para-hydroxylation sites is 1. The molecule has 0 radical (unpaired) electrons. The van der Waals surface area contributed by atoms with E-state index in [0.29, 0.717) is 0 Å². The van der Waals surface area contributed by atoms with Crippen LogP contribution in [0.5, 0.6) is 0 Å². The molecule has 2 aromatic rings. The molecule has 1 aromatic carbocycles. The predicted molar refractivity (Wildman–Crippen MR) is 74.9 cm³/mol. The summed E-state index contributed by atoms with van der Waals surface area (Å²) in [7, 11) is 1.99.